The third kappa shape index (κ3) is 22.4. The van der Waals surface area contributed by atoms with Crippen LogP contribution in [0.4, 0.5) is 0 Å². The smallest absolute Gasteiger partial charge is 0.0220 e. The average Bonchev–Trinajstić information content (AvgIpc) is 2.13. The molecule has 0 nitrogen and oxygen atoms in total. The fourth-order valence-corrected chi connectivity index (χ4v) is 0.854. The second-order valence-corrected chi connectivity index (χ2v) is 3.48. The Kier molecular flexibility index (Phi) is 21.4. The molecule has 0 aliphatic heterocycles. The number of rotatable bonds is 6. The lowest BCUT2D eigenvalue weighted by atomic mass is 10.1. The molecule has 0 aromatic heterocycles. The molecule has 12 heavy (non-hydrogen) atoms. The Hall–Kier alpha value is 0.290. The van der Waals surface area contributed by atoms with Gasteiger partial charge in [0.25, 0.3) is 0 Å². The molecule has 0 saturated carbocycles. The zero-order valence-electron chi connectivity index (χ0n) is 9.03. The van der Waals surface area contributed by atoms with Crippen molar-refractivity contribution in [1.82, 2.24) is 0 Å². The van der Waals surface area contributed by atoms with Crippen molar-refractivity contribution in [2.24, 2.45) is 0 Å². The van der Waals surface area contributed by atoms with E-state index in [0.717, 1.165) is 12.3 Å². The van der Waals surface area contributed by atoms with Gasteiger partial charge in [0.2, 0.25) is 0 Å². The van der Waals surface area contributed by atoms with Crippen LogP contribution < -0.4 is 0 Å². The van der Waals surface area contributed by atoms with E-state index in [0.29, 0.717) is 0 Å². The molecule has 0 amide bonds. The predicted octanol–water partition coefficient (Wildman–Crippen LogP) is 5.00. The molecule has 0 N–H and O–H groups in total. The average molecular weight is 193 g/mol. The summed E-state index contributed by atoms with van der Waals surface area (Å²) in [5.74, 6) is 0.792. The standard InChI is InChI=1S/C8H18.C3H7Cl/c1-3-5-7-8-6-4-2;1-2-3-4/h3-8H2,1-2H3;2-3H2,1H3. The van der Waals surface area contributed by atoms with Crippen molar-refractivity contribution in [1.29, 1.82) is 0 Å². The van der Waals surface area contributed by atoms with Gasteiger partial charge in [-0.05, 0) is 6.42 Å². The van der Waals surface area contributed by atoms with E-state index in [2.05, 4.69) is 13.8 Å². The van der Waals surface area contributed by atoms with E-state index in [4.69, 9.17) is 11.6 Å². The first kappa shape index (κ1) is 14.8. The first-order chi connectivity index (χ1) is 5.83. The Morgan fingerprint density at radius 3 is 1.17 bits per heavy atom. The number of hydrogen-bond donors (Lipinski definition) is 0. The van der Waals surface area contributed by atoms with Crippen LogP contribution in [0.1, 0.15) is 65.7 Å². The predicted molar refractivity (Wildman–Crippen MR) is 60.1 cm³/mol. The number of alkyl halides is 1. The third-order valence-electron chi connectivity index (χ3n) is 1.65. The summed E-state index contributed by atoms with van der Waals surface area (Å²) < 4.78 is 0. The fourth-order valence-electron chi connectivity index (χ4n) is 0.854. The van der Waals surface area contributed by atoms with Gasteiger partial charge in [-0.1, -0.05) is 59.3 Å². The maximum absolute atomic E-state index is 5.19. The van der Waals surface area contributed by atoms with E-state index in [1.165, 1.54) is 38.5 Å². The van der Waals surface area contributed by atoms with Crippen molar-refractivity contribution < 1.29 is 0 Å². The van der Waals surface area contributed by atoms with Crippen LogP contribution in [0.25, 0.3) is 0 Å². The van der Waals surface area contributed by atoms with Crippen LogP contribution in [0.15, 0.2) is 0 Å². The number of halogens is 1. The van der Waals surface area contributed by atoms with E-state index in [1.54, 1.807) is 0 Å². The van der Waals surface area contributed by atoms with E-state index < -0.39 is 0 Å². The minimum atomic E-state index is 0.792. The van der Waals surface area contributed by atoms with Gasteiger partial charge in [-0.15, -0.1) is 11.6 Å². The van der Waals surface area contributed by atoms with E-state index in [1.807, 2.05) is 6.92 Å². The van der Waals surface area contributed by atoms with E-state index in [9.17, 15) is 0 Å². The second-order valence-electron chi connectivity index (χ2n) is 3.10. The van der Waals surface area contributed by atoms with Gasteiger partial charge in [-0.25, -0.2) is 0 Å². The molecule has 0 saturated heterocycles. The lowest BCUT2D eigenvalue weighted by Gasteiger charge is -1.93. The minimum absolute atomic E-state index is 0.792. The van der Waals surface area contributed by atoms with Gasteiger partial charge in [0, 0.05) is 5.88 Å². The van der Waals surface area contributed by atoms with Gasteiger partial charge >= 0.3 is 0 Å². The molecule has 0 fully saturated rings. The van der Waals surface area contributed by atoms with Crippen LogP contribution in [0, 0.1) is 0 Å². The molecule has 76 valence electrons. The van der Waals surface area contributed by atoms with Gasteiger partial charge in [0.15, 0.2) is 0 Å². The van der Waals surface area contributed by atoms with Crippen molar-refractivity contribution in [3.63, 3.8) is 0 Å². The molecule has 1 heteroatoms. The molecule has 0 spiro atoms. The lowest BCUT2D eigenvalue weighted by molar-refractivity contribution is 0.624. The van der Waals surface area contributed by atoms with Crippen LogP contribution >= 0.6 is 11.6 Å². The summed E-state index contributed by atoms with van der Waals surface area (Å²) in [6, 6.07) is 0. The topological polar surface area (TPSA) is 0 Å². The summed E-state index contributed by atoms with van der Waals surface area (Å²) >= 11 is 5.19. The zero-order chi connectivity index (χ0) is 9.66. The lowest BCUT2D eigenvalue weighted by Crippen LogP contribution is -1.73. The molecule has 0 aliphatic carbocycles. The Morgan fingerprint density at radius 2 is 1.00 bits per heavy atom. The maximum atomic E-state index is 5.19. The maximum Gasteiger partial charge on any atom is 0.0220 e. The molecule has 0 aromatic rings. The van der Waals surface area contributed by atoms with Crippen LogP contribution in [-0.4, -0.2) is 5.88 Å². The highest BCUT2D eigenvalue weighted by Gasteiger charge is 1.83. The molecule has 0 radical (unpaired) electrons. The quantitative estimate of drug-likeness (QED) is 0.410. The van der Waals surface area contributed by atoms with Gasteiger partial charge in [0.05, 0.1) is 0 Å². The fraction of sp³-hybridized carbons (Fsp3) is 1.00. The molecule has 0 aromatic carbocycles. The van der Waals surface area contributed by atoms with E-state index in [-0.39, 0.29) is 0 Å². The summed E-state index contributed by atoms with van der Waals surface area (Å²) in [4.78, 5) is 0. The Balaban J connectivity index is 0. The van der Waals surface area contributed by atoms with Crippen LogP contribution in [0.5, 0.6) is 0 Å². The zero-order valence-corrected chi connectivity index (χ0v) is 9.79. The van der Waals surface area contributed by atoms with Crippen LogP contribution in [0.2, 0.25) is 0 Å². The van der Waals surface area contributed by atoms with Crippen LogP contribution in [-0.2, 0) is 0 Å². The van der Waals surface area contributed by atoms with Crippen molar-refractivity contribution in [2.45, 2.75) is 65.7 Å². The third-order valence-corrected chi connectivity index (χ3v) is 2.02. The second kappa shape index (κ2) is 17.4. The summed E-state index contributed by atoms with van der Waals surface area (Å²) in [6.07, 6.45) is 9.57. The van der Waals surface area contributed by atoms with Gasteiger partial charge < -0.3 is 0 Å². The monoisotopic (exact) mass is 192 g/mol. The summed E-state index contributed by atoms with van der Waals surface area (Å²) in [5, 5.41) is 0. The minimum Gasteiger partial charge on any atom is -0.127 e. The Labute approximate surface area is 83.7 Å². The molecule has 0 unspecified atom stereocenters. The molecular weight excluding hydrogens is 168 g/mol. The van der Waals surface area contributed by atoms with Gasteiger partial charge in [-0.3, -0.25) is 0 Å². The van der Waals surface area contributed by atoms with Crippen LogP contribution in [0.3, 0.4) is 0 Å². The highest BCUT2D eigenvalue weighted by atomic mass is 35.5. The first-order valence-corrected chi connectivity index (χ1v) is 5.92. The van der Waals surface area contributed by atoms with Crippen molar-refractivity contribution >= 4 is 11.6 Å². The Morgan fingerprint density at radius 1 is 0.667 bits per heavy atom. The largest absolute Gasteiger partial charge is 0.127 e. The van der Waals surface area contributed by atoms with Crippen molar-refractivity contribution in [3.8, 4) is 0 Å². The molecule has 0 atom stereocenters. The highest BCUT2D eigenvalue weighted by Crippen LogP contribution is 2.03. The molecule has 0 heterocycles. The first-order valence-electron chi connectivity index (χ1n) is 5.39. The molecule has 0 rings (SSSR count). The summed E-state index contributed by atoms with van der Waals surface area (Å²) in [7, 11) is 0. The van der Waals surface area contributed by atoms with E-state index >= 15 is 0 Å². The summed E-state index contributed by atoms with van der Waals surface area (Å²) in [5.41, 5.74) is 0. The normalized spacial score (nSPS) is 9.00. The Bertz CT molecular complexity index is 45.0. The molecular formula is C11H25Cl. The van der Waals surface area contributed by atoms with Gasteiger partial charge in [-0.2, -0.15) is 0 Å². The van der Waals surface area contributed by atoms with Gasteiger partial charge in [0.1, 0.15) is 0 Å². The van der Waals surface area contributed by atoms with Crippen molar-refractivity contribution in [2.75, 3.05) is 5.88 Å². The molecule has 0 bridgehead atoms. The number of hydrogen-bond acceptors (Lipinski definition) is 0. The molecule has 0 aliphatic rings. The SMILES string of the molecule is CCCCCCCC.CCCCl. The summed E-state index contributed by atoms with van der Waals surface area (Å²) in [6.45, 7) is 6.56. The van der Waals surface area contributed by atoms with Crippen molar-refractivity contribution in [3.05, 3.63) is 0 Å². The number of unbranched alkanes of at least 4 members (excludes halogenated alkanes) is 5. The highest BCUT2D eigenvalue weighted by molar-refractivity contribution is 6.17.